The molecule has 0 aliphatic rings. The van der Waals surface area contributed by atoms with Gasteiger partial charge in [0.2, 0.25) is 0 Å². The average Bonchev–Trinajstić information content (AvgIpc) is 2.81. The van der Waals surface area contributed by atoms with E-state index in [1.54, 1.807) is 11.3 Å². The van der Waals surface area contributed by atoms with Crippen LogP contribution in [0.5, 0.6) is 0 Å². The molecule has 1 N–H and O–H groups in total. The summed E-state index contributed by atoms with van der Waals surface area (Å²) in [6.45, 7) is 5.07. The van der Waals surface area contributed by atoms with Crippen molar-refractivity contribution in [3.05, 3.63) is 40.5 Å². The maximum atomic E-state index is 4.30. The van der Waals surface area contributed by atoms with E-state index >= 15 is 0 Å². The first-order valence-corrected chi connectivity index (χ1v) is 6.19. The molecular weight excluding hydrogens is 218 g/mol. The number of hydrogen-bond donors (Lipinski definition) is 1. The fourth-order valence-corrected chi connectivity index (χ4v) is 2.09. The third kappa shape index (κ3) is 2.79. The van der Waals surface area contributed by atoms with Crippen LogP contribution in [0.2, 0.25) is 0 Å². The Bertz CT molecular complexity index is 422. The Labute approximate surface area is 99.6 Å². The van der Waals surface area contributed by atoms with Gasteiger partial charge in [-0.25, -0.2) is 9.97 Å². The molecule has 0 aliphatic carbocycles. The first kappa shape index (κ1) is 11.1. The lowest BCUT2D eigenvalue weighted by atomic mass is 10.2. The first-order chi connectivity index (χ1) is 7.75. The van der Waals surface area contributed by atoms with Gasteiger partial charge in [-0.05, 0) is 18.6 Å². The molecule has 0 amide bonds. The minimum Gasteiger partial charge on any atom is -0.369 e. The Morgan fingerprint density at radius 1 is 1.38 bits per heavy atom. The Balaban J connectivity index is 1.90. The van der Waals surface area contributed by atoms with Crippen molar-refractivity contribution in [2.45, 2.75) is 19.8 Å². The Morgan fingerprint density at radius 2 is 2.25 bits per heavy atom. The quantitative estimate of drug-likeness (QED) is 0.882. The van der Waals surface area contributed by atoms with E-state index in [9.17, 15) is 0 Å². The van der Waals surface area contributed by atoms with Crippen LogP contribution in [0.4, 0.5) is 5.82 Å². The number of rotatable bonds is 4. The lowest BCUT2D eigenvalue weighted by Crippen LogP contribution is -2.10. The lowest BCUT2D eigenvalue weighted by molar-refractivity contribution is 0.792. The molecule has 84 valence electrons. The summed E-state index contributed by atoms with van der Waals surface area (Å²) in [5.41, 5.74) is 1.18. The van der Waals surface area contributed by atoms with Crippen LogP contribution < -0.4 is 5.32 Å². The van der Waals surface area contributed by atoms with E-state index in [0.717, 1.165) is 12.4 Å². The molecule has 3 nitrogen and oxygen atoms in total. The summed E-state index contributed by atoms with van der Waals surface area (Å²) >= 11 is 1.70. The third-order valence-corrected chi connectivity index (χ3v) is 3.38. The molecule has 0 radical (unpaired) electrons. The molecule has 0 fully saturated rings. The van der Waals surface area contributed by atoms with Crippen molar-refractivity contribution in [3.63, 3.8) is 0 Å². The standard InChI is InChI=1S/C12H15N3S/c1-9-3-4-11(14-7-9)15-8-10(2)12-13-5-6-16-12/h3-7,10H,8H2,1-2H3,(H,14,15). The average molecular weight is 233 g/mol. The van der Waals surface area contributed by atoms with Gasteiger partial charge in [-0.15, -0.1) is 11.3 Å². The number of nitrogens with zero attached hydrogens (tertiary/aromatic N) is 2. The summed E-state index contributed by atoms with van der Waals surface area (Å²) in [4.78, 5) is 8.60. The van der Waals surface area contributed by atoms with Crippen LogP contribution in [0.3, 0.4) is 0 Å². The molecule has 1 unspecified atom stereocenters. The zero-order valence-corrected chi connectivity index (χ0v) is 10.3. The van der Waals surface area contributed by atoms with Crippen LogP contribution >= 0.6 is 11.3 Å². The monoisotopic (exact) mass is 233 g/mol. The number of thiazole rings is 1. The number of nitrogens with one attached hydrogen (secondary N) is 1. The highest BCUT2D eigenvalue weighted by Crippen LogP contribution is 2.17. The predicted molar refractivity (Wildman–Crippen MR) is 68.0 cm³/mol. The van der Waals surface area contributed by atoms with Crippen molar-refractivity contribution in [1.82, 2.24) is 9.97 Å². The molecule has 0 aliphatic heterocycles. The van der Waals surface area contributed by atoms with Gasteiger partial charge in [0.15, 0.2) is 0 Å². The lowest BCUT2D eigenvalue weighted by Gasteiger charge is -2.10. The molecule has 0 aromatic carbocycles. The molecule has 2 rings (SSSR count). The minimum absolute atomic E-state index is 0.420. The van der Waals surface area contributed by atoms with E-state index in [1.807, 2.05) is 30.8 Å². The second kappa shape index (κ2) is 5.07. The van der Waals surface area contributed by atoms with Crippen molar-refractivity contribution in [2.75, 3.05) is 11.9 Å². The molecule has 0 saturated carbocycles. The highest BCUT2D eigenvalue weighted by molar-refractivity contribution is 7.09. The predicted octanol–water partition coefficient (Wildman–Crippen LogP) is 3.06. The van der Waals surface area contributed by atoms with Gasteiger partial charge in [-0.2, -0.15) is 0 Å². The van der Waals surface area contributed by atoms with Gasteiger partial charge in [0, 0.05) is 30.2 Å². The number of hydrogen-bond acceptors (Lipinski definition) is 4. The van der Waals surface area contributed by atoms with E-state index in [4.69, 9.17) is 0 Å². The number of pyridine rings is 1. The molecule has 0 saturated heterocycles. The van der Waals surface area contributed by atoms with Gasteiger partial charge in [-0.3, -0.25) is 0 Å². The van der Waals surface area contributed by atoms with Crippen LogP contribution in [-0.4, -0.2) is 16.5 Å². The molecular formula is C12H15N3S. The molecule has 2 aromatic heterocycles. The van der Waals surface area contributed by atoms with Gasteiger partial charge in [0.1, 0.15) is 5.82 Å². The summed E-state index contributed by atoms with van der Waals surface area (Å²) in [5, 5.41) is 6.49. The molecule has 4 heteroatoms. The highest BCUT2D eigenvalue weighted by Gasteiger charge is 2.07. The topological polar surface area (TPSA) is 37.8 Å². The van der Waals surface area contributed by atoms with E-state index in [1.165, 1.54) is 10.6 Å². The molecule has 2 heterocycles. The second-order valence-electron chi connectivity index (χ2n) is 3.87. The highest BCUT2D eigenvalue weighted by atomic mass is 32.1. The van der Waals surface area contributed by atoms with Gasteiger partial charge >= 0.3 is 0 Å². The van der Waals surface area contributed by atoms with Crippen LogP contribution in [0.15, 0.2) is 29.9 Å². The Morgan fingerprint density at radius 3 is 2.88 bits per heavy atom. The summed E-state index contributed by atoms with van der Waals surface area (Å²) in [6, 6.07) is 4.06. The van der Waals surface area contributed by atoms with E-state index in [2.05, 4.69) is 28.3 Å². The summed E-state index contributed by atoms with van der Waals surface area (Å²) in [5.74, 6) is 1.34. The Kier molecular flexibility index (Phi) is 3.51. The zero-order chi connectivity index (χ0) is 11.4. The second-order valence-corrected chi connectivity index (χ2v) is 4.80. The normalized spacial score (nSPS) is 12.4. The minimum atomic E-state index is 0.420. The number of anilines is 1. The van der Waals surface area contributed by atoms with Crippen molar-refractivity contribution >= 4 is 17.2 Å². The van der Waals surface area contributed by atoms with Crippen molar-refractivity contribution in [3.8, 4) is 0 Å². The van der Waals surface area contributed by atoms with Crippen molar-refractivity contribution in [2.24, 2.45) is 0 Å². The largest absolute Gasteiger partial charge is 0.369 e. The van der Waals surface area contributed by atoms with Crippen molar-refractivity contribution in [1.29, 1.82) is 0 Å². The SMILES string of the molecule is Cc1ccc(NCC(C)c2nccs2)nc1. The van der Waals surface area contributed by atoms with Crippen LogP contribution in [0, 0.1) is 6.92 Å². The summed E-state index contributed by atoms with van der Waals surface area (Å²) in [6.07, 6.45) is 3.72. The Hall–Kier alpha value is -1.42. The van der Waals surface area contributed by atoms with Gasteiger partial charge in [-0.1, -0.05) is 13.0 Å². The fraction of sp³-hybridized carbons (Fsp3) is 0.333. The van der Waals surface area contributed by atoms with Crippen LogP contribution in [0.25, 0.3) is 0 Å². The van der Waals surface area contributed by atoms with E-state index in [0.29, 0.717) is 5.92 Å². The smallest absolute Gasteiger partial charge is 0.125 e. The molecule has 0 bridgehead atoms. The first-order valence-electron chi connectivity index (χ1n) is 5.31. The maximum absolute atomic E-state index is 4.30. The molecule has 0 spiro atoms. The van der Waals surface area contributed by atoms with Gasteiger partial charge in [0.25, 0.3) is 0 Å². The zero-order valence-electron chi connectivity index (χ0n) is 9.47. The summed E-state index contributed by atoms with van der Waals surface area (Å²) < 4.78 is 0. The van der Waals surface area contributed by atoms with Crippen LogP contribution in [-0.2, 0) is 0 Å². The molecule has 2 aromatic rings. The number of aromatic nitrogens is 2. The van der Waals surface area contributed by atoms with Gasteiger partial charge < -0.3 is 5.32 Å². The van der Waals surface area contributed by atoms with E-state index < -0.39 is 0 Å². The third-order valence-electron chi connectivity index (χ3n) is 2.37. The maximum Gasteiger partial charge on any atom is 0.125 e. The van der Waals surface area contributed by atoms with Gasteiger partial charge in [0.05, 0.1) is 5.01 Å². The van der Waals surface area contributed by atoms with Crippen LogP contribution in [0.1, 0.15) is 23.4 Å². The fourth-order valence-electron chi connectivity index (χ4n) is 1.40. The summed E-state index contributed by atoms with van der Waals surface area (Å²) in [7, 11) is 0. The molecule has 16 heavy (non-hydrogen) atoms. The van der Waals surface area contributed by atoms with E-state index in [-0.39, 0.29) is 0 Å². The molecule has 1 atom stereocenters. The number of aryl methyl sites for hydroxylation is 1. The van der Waals surface area contributed by atoms with Crippen molar-refractivity contribution < 1.29 is 0 Å².